The third kappa shape index (κ3) is 7.56. The highest BCUT2D eigenvalue weighted by Gasteiger charge is 2.02. The summed E-state index contributed by atoms with van der Waals surface area (Å²) in [6, 6.07) is 0. The Hall–Kier alpha value is -0.440. The summed E-state index contributed by atoms with van der Waals surface area (Å²) in [5, 5.41) is 0. The molecule has 0 atom stereocenters. The first-order valence-corrected chi connectivity index (χ1v) is 3.85. The largest absolute Gasteiger partial charge is 0.103 e. The van der Waals surface area contributed by atoms with Crippen LogP contribution in [0.4, 0.5) is 0 Å². The van der Waals surface area contributed by atoms with Crippen molar-refractivity contribution in [1.29, 1.82) is 0 Å². The topological polar surface area (TPSA) is 0 Å². The van der Waals surface area contributed by atoms with Gasteiger partial charge in [-0.3, -0.25) is 0 Å². The summed E-state index contributed by atoms with van der Waals surface area (Å²) in [6.45, 7) is 10.1. The summed E-state index contributed by atoms with van der Waals surface area (Å²) in [5.41, 5.74) is 0.168. The minimum Gasteiger partial charge on any atom is -0.103 e. The second-order valence-electron chi connectivity index (χ2n) is 3.51. The molecule has 0 nitrogen and oxygen atoms in total. The zero-order valence-electron chi connectivity index (χ0n) is 7.33. The highest BCUT2D eigenvalue weighted by molar-refractivity contribution is 5.06. The van der Waals surface area contributed by atoms with Crippen molar-refractivity contribution in [1.82, 2.24) is 0 Å². The van der Waals surface area contributed by atoms with Gasteiger partial charge < -0.3 is 0 Å². The third-order valence-corrected chi connectivity index (χ3v) is 1.02. The molecule has 0 bridgehead atoms. The van der Waals surface area contributed by atoms with E-state index in [9.17, 15) is 0 Å². The molecule has 0 amide bonds. The Morgan fingerprint density at radius 1 is 1.30 bits per heavy atom. The van der Waals surface area contributed by atoms with Crippen LogP contribution in [-0.2, 0) is 0 Å². The number of rotatable bonds is 2. The fourth-order valence-electron chi connectivity index (χ4n) is 0.541. The van der Waals surface area contributed by atoms with Gasteiger partial charge >= 0.3 is 0 Å². The van der Waals surface area contributed by atoms with Gasteiger partial charge in [-0.05, 0) is 27.2 Å². The first-order valence-electron chi connectivity index (χ1n) is 3.85. The van der Waals surface area contributed by atoms with Crippen molar-refractivity contribution in [3.05, 3.63) is 6.92 Å². The van der Waals surface area contributed by atoms with Crippen LogP contribution in [0.5, 0.6) is 0 Å². The van der Waals surface area contributed by atoms with Crippen molar-refractivity contribution in [2.24, 2.45) is 5.41 Å². The first kappa shape index (κ1) is 9.56. The zero-order chi connectivity index (χ0) is 8.04. The summed E-state index contributed by atoms with van der Waals surface area (Å²) in [6.07, 6.45) is 3.13. The van der Waals surface area contributed by atoms with Gasteiger partial charge in [0.1, 0.15) is 0 Å². The summed E-state index contributed by atoms with van der Waals surface area (Å²) < 4.78 is 0. The van der Waals surface area contributed by atoms with Crippen LogP contribution in [0.15, 0.2) is 0 Å². The predicted octanol–water partition coefficient (Wildman–Crippen LogP) is 3.04. The summed E-state index contributed by atoms with van der Waals surface area (Å²) >= 11 is 0. The van der Waals surface area contributed by atoms with E-state index in [1.165, 1.54) is 0 Å². The van der Waals surface area contributed by atoms with E-state index >= 15 is 0 Å². The average Bonchev–Trinajstić information content (AvgIpc) is 1.78. The van der Waals surface area contributed by atoms with E-state index in [-0.39, 0.29) is 5.41 Å². The molecule has 0 aliphatic rings. The van der Waals surface area contributed by atoms with Crippen LogP contribution in [-0.4, -0.2) is 0 Å². The van der Waals surface area contributed by atoms with E-state index in [4.69, 9.17) is 0 Å². The number of hydrogen-bond acceptors (Lipinski definition) is 0. The lowest BCUT2D eigenvalue weighted by Gasteiger charge is -2.06. The lowest BCUT2D eigenvalue weighted by atomic mass is 9.98. The van der Waals surface area contributed by atoms with Crippen LogP contribution in [0.25, 0.3) is 0 Å². The van der Waals surface area contributed by atoms with Gasteiger partial charge in [-0.1, -0.05) is 19.3 Å². The summed E-state index contributed by atoms with van der Waals surface area (Å²) in [7, 11) is 0. The molecule has 0 aliphatic heterocycles. The molecule has 1 radical (unpaired) electrons. The van der Waals surface area contributed by atoms with Crippen LogP contribution in [0.3, 0.4) is 0 Å². The Balaban J connectivity index is 3.50. The molecule has 0 aromatic carbocycles. The molecular formula is C10H17. The molecule has 0 N–H and O–H groups in total. The fraction of sp³-hybridized carbons (Fsp3) is 0.700. The van der Waals surface area contributed by atoms with Crippen LogP contribution in [0.2, 0.25) is 0 Å². The van der Waals surface area contributed by atoms with Crippen molar-refractivity contribution in [3.8, 4) is 11.8 Å². The SMILES string of the molecule is [CH2]CCCC#CC(C)(C)C. The standard InChI is InChI=1S/C10H17/c1-5-6-7-8-9-10(2,3)4/h1,5-7H2,2-4H3. The highest BCUT2D eigenvalue weighted by atomic mass is 14.1. The van der Waals surface area contributed by atoms with Crippen molar-refractivity contribution >= 4 is 0 Å². The van der Waals surface area contributed by atoms with Crippen LogP contribution in [0.1, 0.15) is 40.0 Å². The first-order chi connectivity index (χ1) is 4.56. The van der Waals surface area contributed by atoms with Gasteiger partial charge in [-0.2, -0.15) is 0 Å². The van der Waals surface area contributed by atoms with Crippen molar-refractivity contribution in [2.45, 2.75) is 40.0 Å². The molecule has 0 fully saturated rings. The van der Waals surface area contributed by atoms with Crippen LogP contribution >= 0.6 is 0 Å². The Bertz CT molecular complexity index is 126. The molecule has 0 spiro atoms. The lowest BCUT2D eigenvalue weighted by Crippen LogP contribution is -1.98. The van der Waals surface area contributed by atoms with Crippen molar-refractivity contribution in [2.75, 3.05) is 0 Å². The molecule has 0 aromatic heterocycles. The monoisotopic (exact) mass is 137 g/mol. The van der Waals surface area contributed by atoms with Gasteiger partial charge in [-0.15, -0.1) is 5.92 Å². The molecule has 0 saturated heterocycles. The maximum Gasteiger partial charge on any atom is 0.0230 e. The van der Waals surface area contributed by atoms with Gasteiger partial charge in [0.2, 0.25) is 0 Å². The maximum absolute atomic E-state index is 3.75. The summed E-state index contributed by atoms with van der Waals surface area (Å²) in [4.78, 5) is 0. The summed E-state index contributed by atoms with van der Waals surface area (Å²) in [5.74, 6) is 6.32. The van der Waals surface area contributed by atoms with Gasteiger partial charge in [-0.25, -0.2) is 0 Å². The smallest absolute Gasteiger partial charge is 0.0230 e. The van der Waals surface area contributed by atoms with Gasteiger partial charge in [0, 0.05) is 11.8 Å². The Morgan fingerprint density at radius 2 is 1.90 bits per heavy atom. The third-order valence-electron chi connectivity index (χ3n) is 1.02. The van der Waals surface area contributed by atoms with Crippen LogP contribution in [0, 0.1) is 24.2 Å². The minimum absolute atomic E-state index is 0.168. The van der Waals surface area contributed by atoms with E-state index < -0.39 is 0 Å². The Kier molecular flexibility index (Phi) is 4.19. The molecule has 10 heavy (non-hydrogen) atoms. The van der Waals surface area contributed by atoms with Crippen molar-refractivity contribution in [3.63, 3.8) is 0 Å². The van der Waals surface area contributed by atoms with E-state index in [0.717, 1.165) is 19.3 Å². The van der Waals surface area contributed by atoms with E-state index in [2.05, 4.69) is 39.5 Å². The van der Waals surface area contributed by atoms with Gasteiger partial charge in [0.15, 0.2) is 0 Å². The minimum atomic E-state index is 0.168. The zero-order valence-corrected chi connectivity index (χ0v) is 7.33. The molecule has 0 saturated carbocycles. The molecule has 0 aliphatic carbocycles. The van der Waals surface area contributed by atoms with Crippen molar-refractivity contribution < 1.29 is 0 Å². The highest BCUT2D eigenvalue weighted by Crippen LogP contribution is 2.10. The van der Waals surface area contributed by atoms with Crippen LogP contribution < -0.4 is 0 Å². The van der Waals surface area contributed by atoms with E-state index in [1.807, 2.05) is 0 Å². The second-order valence-corrected chi connectivity index (χ2v) is 3.51. The predicted molar refractivity (Wildman–Crippen MR) is 46.4 cm³/mol. The lowest BCUT2D eigenvalue weighted by molar-refractivity contribution is 0.570. The van der Waals surface area contributed by atoms with E-state index in [0.29, 0.717) is 0 Å². The normalized spacial score (nSPS) is 10.4. The van der Waals surface area contributed by atoms with E-state index in [1.54, 1.807) is 0 Å². The average molecular weight is 137 g/mol. The van der Waals surface area contributed by atoms with Gasteiger partial charge in [0.25, 0.3) is 0 Å². The Labute approximate surface area is 65.0 Å². The molecular weight excluding hydrogens is 120 g/mol. The molecule has 57 valence electrons. The molecule has 0 heterocycles. The quantitative estimate of drug-likeness (QED) is 0.405. The fourth-order valence-corrected chi connectivity index (χ4v) is 0.541. The maximum atomic E-state index is 3.75. The number of unbranched alkanes of at least 4 members (excludes halogenated alkanes) is 2. The molecule has 0 rings (SSSR count). The number of hydrogen-bond donors (Lipinski definition) is 0. The molecule has 0 aromatic rings. The molecule has 0 unspecified atom stereocenters. The second kappa shape index (κ2) is 4.39. The Morgan fingerprint density at radius 3 is 2.30 bits per heavy atom. The molecule has 0 heteroatoms. The van der Waals surface area contributed by atoms with Gasteiger partial charge in [0.05, 0.1) is 0 Å².